The van der Waals surface area contributed by atoms with E-state index in [0.717, 1.165) is 32.8 Å². The number of carbonyl (C=O) groups excluding carboxylic acids is 1. The predicted octanol–water partition coefficient (Wildman–Crippen LogP) is 4.92. The fraction of sp³-hybridized carbons (Fsp3) is 0.200. The summed E-state index contributed by atoms with van der Waals surface area (Å²) < 4.78 is 2.86. The van der Waals surface area contributed by atoms with E-state index in [-0.39, 0.29) is 6.03 Å². The van der Waals surface area contributed by atoms with Crippen LogP contribution in [0.5, 0.6) is 0 Å². The predicted molar refractivity (Wildman–Crippen MR) is 108 cm³/mol. The zero-order valence-corrected chi connectivity index (χ0v) is 16.6. The number of rotatable bonds is 4. The first-order valence-corrected chi connectivity index (χ1v) is 9.12. The molecular weight excluding hydrogens is 392 g/mol. The average molecular weight is 413 g/mol. The lowest BCUT2D eigenvalue weighted by atomic mass is 10.2. The molecule has 0 aliphatic carbocycles. The second-order valence-electron chi connectivity index (χ2n) is 6.27. The minimum absolute atomic E-state index is 0.161. The van der Waals surface area contributed by atoms with Gasteiger partial charge in [-0.15, -0.1) is 0 Å². The van der Waals surface area contributed by atoms with E-state index in [1.54, 1.807) is 11.9 Å². The number of urea groups is 1. The van der Waals surface area contributed by atoms with Crippen molar-refractivity contribution in [2.75, 3.05) is 12.4 Å². The van der Waals surface area contributed by atoms with Gasteiger partial charge >= 0.3 is 6.03 Å². The Hall–Kier alpha value is -2.60. The summed E-state index contributed by atoms with van der Waals surface area (Å²) >= 11 is 3.52. The van der Waals surface area contributed by atoms with Crippen molar-refractivity contribution in [3.8, 4) is 5.69 Å². The van der Waals surface area contributed by atoms with Crippen molar-refractivity contribution in [1.29, 1.82) is 0 Å². The van der Waals surface area contributed by atoms with Gasteiger partial charge in [0, 0.05) is 29.4 Å². The molecule has 0 bridgehead atoms. The van der Waals surface area contributed by atoms with Crippen LogP contribution in [0.2, 0.25) is 0 Å². The smallest absolute Gasteiger partial charge is 0.321 e. The van der Waals surface area contributed by atoms with Crippen LogP contribution in [0.25, 0.3) is 5.69 Å². The molecule has 134 valence electrons. The van der Waals surface area contributed by atoms with Gasteiger partial charge in [0.2, 0.25) is 0 Å². The summed E-state index contributed by atoms with van der Waals surface area (Å²) in [5.74, 6) is 0. The SMILES string of the molecule is Cc1cc(C)n(-c2cccc(NC(=O)N(C)Cc3ccccc3Br)c2)n1. The molecule has 0 fully saturated rings. The Bertz CT molecular complexity index is 935. The Morgan fingerprint density at radius 1 is 1.15 bits per heavy atom. The van der Waals surface area contributed by atoms with E-state index in [1.807, 2.05) is 73.1 Å². The number of halogens is 1. The molecule has 0 spiro atoms. The number of nitrogens with zero attached hydrogens (tertiary/aromatic N) is 3. The molecule has 1 N–H and O–H groups in total. The van der Waals surface area contributed by atoms with E-state index >= 15 is 0 Å². The number of benzene rings is 2. The Morgan fingerprint density at radius 3 is 2.62 bits per heavy atom. The van der Waals surface area contributed by atoms with Crippen LogP contribution in [0.1, 0.15) is 17.0 Å². The molecule has 1 heterocycles. The molecule has 0 saturated heterocycles. The number of carbonyl (C=O) groups is 1. The summed E-state index contributed by atoms with van der Waals surface area (Å²) in [6, 6.07) is 17.4. The van der Waals surface area contributed by atoms with Gasteiger partial charge in [0.1, 0.15) is 0 Å². The average Bonchev–Trinajstić information content (AvgIpc) is 2.95. The summed E-state index contributed by atoms with van der Waals surface area (Å²) in [6.45, 7) is 4.49. The topological polar surface area (TPSA) is 50.2 Å². The van der Waals surface area contributed by atoms with Crippen LogP contribution in [0, 0.1) is 13.8 Å². The number of aromatic nitrogens is 2. The molecule has 0 atom stereocenters. The fourth-order valence-corrected chi connectivity index (χ4v) is 3.19. The van der Waals surface area contributed by atoms with Gasteiger partial charge in [-0.2, -0.15) is 5.10 Å². The van der Waals surface area contributed by atoms with E-state index in [9.17, 15) is 4.79 Å². The third-order valence-electron chi connectivity index (χ3n) is 4.06. The van der Waals surface area contributed by atoms with Crippen molar-refractivity contribution >= 4 is 27.6 Å². The molecule has 0 aliphatic rings. The standard InChI is InChI=1S/C20H21BrN4O/c1-14-11-15(2)25(23-14)18-9-6-8-17(12-18)22-20(26)24(3)13-16-7-4-5-10-19(16)21/h4-12H,13H2,1-3H3,(H,22,26). The van der Waals surface area contributed by atoms with Crippen LogP contribution in [0.4, 0.5) is 10.5 Å². The maximum Gasteiger partial charge on any atom is 0.321 e. The largest absolute Gasteiger partial charge is 0.323 e. The lowest BCUT2D eigenvalue weighted by Crippen LogP contribution is -2.31. The van der Waals surface area contributed by atoms with E-state index < -0.39 is 0 Å². The number of hydrogen-bond donors (Lipinski definition) is 1. The second-order valence-corrected chi connectivity index (χ2v) is 7.12. The second kappa shape index (κ2) is 7.74. The van der Waals surface area contributed by atoms with Crippen LogP contribution >= 0.6 is 15.9 Å². The highest BCUT2D eigenvalue weighted by molar-refractivity contribution is 9.10. The van der Waals surface area contributed by atoms with Crippen LogP contribution in [-0.2, 0) is 6.54 Å². The van der Waals surface area contributed by atoms with Crippen molar-refractivity contribution in [1.82, 2.24) is 14.7 Å². The minimum Gasteiger partial charge on any atom is -0.323 e. The van der Waals surface area contributed by atoms with Crippen LogP contribution in [0.15, 0.2) is 59.1 Å². The van der Waals surface area contributed by atoms with Crippen LogP contribution in [0.3, 0.4) is 0 Å². The van der Waals surface area contributed by atoms with Gasteiger partial charge in [0.15, 0.2) is 0 Å². The van der Waals surface area contributed by atoms with Gasteiger partial charge in [0.05, 0.1) is 11.4 Å². The highest BCUT2D eigenvalue weighted by Crippen LogP contribution is 2.19. The van der Waals surface area contributed by atoms with E-state index in [1.165, 1.54) is 0 Å². The monoisotopic (exact) mass is 412 g/mol. The maximum atomic E-state index is 12.5. The lowest BCUT2D eigenvalue weighted by molar-refractivity contribution is 0.220. The quantitative estimate of drug-likeness (QED) is 0.661. The molecule has 1 aromatic heterocycles. The van der Waals surface area contributed by atoms with E-state index in [4.69, 9.17) is 0 Å². The zero-order valence-electron chi connectivity index (χ0n) is 15.0. The Kier molecular flexibility index (Phi) is 5.42. The molecule has 2 amide bonds. The van der Waals surface area contributed by atoms with Crippen molar-refractivity contribution in [2.45, 2.75) is 20.4 Å². The van der Waals surface area contributed by atoms with Crippen molar-refractivity contribution in [2.24, 2.45) is 0 Å². The highest BCUT2D eigenvalue weighted by atomic mass is 79.9. The summed E-state index contributed by atoms with van der Waals surface area (Å²) in [5, 5.41) is 7.44. The number of anilines is 1. The van der Waals surface area contributed by atoms with E-state index in [0.29, 0.717) is 6.54 Å². The molecule has 0 radical (unpaired) electrons. The van der Waals surface area contributed by atoms with Gasteiger partial charge in [-0.25, -0.2) is 9.48 Å². The lowest BCUT2D eigenvalue weighted by Gasteiger charge is -2.19. The first kappa shape index (κ1) is 18.2. The van der Waals surface area contributed by atoms with Gasteiger partial charge in [-0.05, 0) is 49.7 Å². The summed E-state index contributed by atoms with van der Waals surface area (Å²) in [4.78, 5) is 14.2. The minimum atomic E-state index is -0.161. The Morgan fingerprint density at radius 2 is 1.92 bits per heavy atom. The van der Waals surface area contributed by atoms with Gasteiger partial charge in [0.25, 0.3) is 0 Å². The van der Waals surface area contributed by atoms with Crippen molar-refractivity contribution in [3.63, 3.8) is 0 Å². The van der Waals surface area contributed by atoms with Gasteiger partial charge in [-0.3, -0.25) is 0 Å². The van der Waals surface area contributed by atoms with Gasteiger partial charge < -0.3 is 10.2 Å². The molecule has 3 rings (SSSR count). The molecule has 6 heteroatoms. The molecule has 26 heavy (non-hydrogen) atoms. The first-order valence-electron chi connectivity index (χ1n) is 8.33. The summed E-state index contributed by atoms with van der Waals surface area (Å²) in [7, 11) is 1.78. The summed E-state index contributed by atoms with van der Waals surface area (Å²) in [5.41, 5.74) is 4.73. The fourth-order valence-electron chi connectivity index (χ4n) is 2.78. The molecule has 2 aromatic carbocycles. The number of hydrogen-bond acceptors (Lipinski definition) is 2. The first-order chi connectivity index (χ1) is 12.4. The number of amides is 2. The van der Waals surface area contributed by atoms with Crippen molar-refractivity contribution < 1.29 is 4.79 Å². The van der Waals surface area contributed by atoms with Crippen LogP contribution < -0.4 is 5.32 Å². The zero-order chi connectivity index (χ0) is 18.7. The normalized spacial score (nSPS) is 10.6. The van der Waals surface area contributed by atoms with E-state index in [2.05, 4.69) is 26.3 Å². The summed E-state index contributed by atoms with van der Waals surface area (Å²) in [6.07, 6.45) is 0. The number of aryl methyl sites for hydroxylation is 2. The van der Waals surface area contributed by atoms with Crippen molar-refractivity contribution in [3.05, 3.63) is 76.0 Å². The maximum absolute atomic E-state index is 12.5. The third kappa shape index (κ3) is 4.14. The molecule has 0 aliphatic heterocycles. The number of nitrogens with one attached hydrogen (secondary N) is 1. The van der Waals surface area contributed by atoms with Crippen LogP contribution in [-0.4, -0.2) is 27.8 Å². The molecule has 3 aromatic rings. The third-order valence-corrected chi connectivity index (χ3v) is 4.84. The molecule has 0 saturated carbocycles. The molecular formula is C20H21BrN4O. The molecule has 0 unspecified atom stereocenters. The Balaban J connectivity index is 1.72. The highest BCUT2D eigenvalue weighted by Gasteiger charge is 2.12. The van der Waals surface area contributed by atoms with Gasteiger partial charge in [-0.1, -0.05) is 40.2 Å². The Labute approximate surface area is 161 Å². The molecule has 5 nitrogen and oxygen atoms in total.